The van der Waals surface area contributed by atoms with Gasteiger partial charge in [0.2, 0.25) is 0 Å². The number of amides is 2. The summed E-state index contributed by atoms with van der Waals surface area (Å²) in [6.45, 7) is 2.19. The van der Waals surface area contributed by atoms with E-state index in [2.05, 4.69) is 61.5 Å². The van der Waals surface area contributed by atoms with Gasteiger partial charge in [0.1, 0.15) is 0 Å². The molecule has 3 aromatic carbocycles. The van der Waals surface area contributed by atoms with Crippen LogP contribution in [0.4, 0.5) is 0 Å². The number of imide groups is 1. The number of benzene rings is 3. The lowest BCUT2D eigenvalue weighted by molar-refractivity contribution is -0.140. The largest absolute Gasteiger partial charge is 0.272 e. The highest BCUT2D eigenvalue weighted by atomic mass is 16.2. The van der Waals surface area contributed by atoms with Crippen molar-refractivity contribution in [2.75, 3.05) is 0 Å². The Balaban J connectivity index is 0.000000134. The first-order chi connectivity index (χ1) is 14.6. The summed E-state index contributed by atoms with van der Waals surface area (Å²) in [6.07, 6.45) is 8.23. The fourth-order valence-electron chi connectivity index (χ4n) is 5.07. The molecule has 0 unspecified atom stereocenters. The summed E-state index contributed by atoms with van der Waals surface area (Å²) in [7, 11) is 0. The molecular formula is C27H25NO2. The third-order valence-corrected chi connectivity index (χ3v) is 6.55. The Labute approximate surface area is 177 Å². The molecule has 0 atom stereocenters. The number of carbonyl (C=O) groups excluding carboxylic acids is 2. The minimum atomic E-state index is -0.128. The lowest BCUT2D eigenvalue weighted by atomic mass is 9.94. The van der Waals surface area contributed by atoms with Crippen molar-refractivity contribution in [3.63, 3.8) is 0 Å². The van der Waals surface area contributed by atoms with Gasteiger partial charge in [-0.15, -0.1) is 0 Å². The Morgan fingerprint density at radius 1 is 0.700 bits per heavy atom. The zero-order valence-electron chi connectivity index (χ0n) is 17.2. The first kappa shape index (κ1) is 18.8. The molecule has 1 aliphatic heterocycles. The summed E-state index contributed by atoms with van der Waals surface area (Å²) < 4.78 is 0. The van der Waals surface area contributed by atoms with Crippen molar-refractivity contribution in [1.82, 2.24) is 4.90 Å². The smallest absolute Gasteiger partial charge is 0.253 e. The van der Waals surface area contributed by atoms with Crippen molar-refractivity contribution >= 4 is 22.6 Å². The van der Waals surface area contributed by atoms with E-state index in [-0.39, 0.29) is 17.9 Å². The second-order valence-corrected chi connectivity index (χ2v) is 8.38. The van der Waals surface area contributed by atoms with E-state index in [1.807, 2.05) is 0 Å². The summed E-state index contributed by atoms with van der Waals surface area (Å²) in [5, 5.41) is 2.81. The van der Waals surface area contributed by atoms with E-state index in [1.165, 1.54) is 62.1 Å². The second-order valence-electron chi connectivity index (χ2n) is 8.38. The molecule has 1 heterocycles. The maximum absolute atomic E-state index is 11.3. The average molecular weight is 396 g/mol. The molecule has 0 aromatic heterocycles. The van der Waals surface area contributed by atoms with Gasteiger partial charge in [-0.3, -0.25) is 14.5 Å². The van der Waals surface area contributed by atoms with Gasteiger partial charge in [-0.05, 0) is 58.4 Å². The van der Waals surface area contributed by atoms with Gasteiger partial charge in [0.15, 0.2) is 0 Å². The quantitative estimate of drug-likeness (QED) is 0.369. The molecule has 6 rings (SSSR count). The third kappa shape index (κ3) is 3.06. The fraction of sp³-hybridized carbons (Fsp3) is 0.259. The Kier molecular flexibility index (Phi) is 4.74. The normalized spacial score (nSPS) is 17.3. The number of aryl methyl sites for hydroxylation is 1. The molecule has 3 nitrogen and oxygen atoms in total. The van der Waals surface area contributed by atoms with Crippen LogP contribution in [-0.2, 0) is 9.59 Å². The monoisotopic (exact) mass is 395 g/mol. The number of nitrogens with zero attached hydrogens (tertiary/aromatic N) is 1. The van der Waals surface area contributed by atoms with Crippen LogP contribution in [0.15, 0.2) is 66.7 Å². The van der Waals surface area contributed by atoms with Crippen molar-refractivity contribution < 1.29 is 9.59 Å². The predicted octanol–water partition coefficient (Wildman–Crippen LogP) is 6.04. The van der Waals surface area contributed by atoms with E-state index in [9.17, 15) is 9.59 Å². The van der Waals surface area contributed by atoms with E-state index in [1.54, 1.807) is 0 Å². The molecule has 0 spiro atoms. The summed E-state index contributed by atoms with van der Waals surface area (Å²) in [4.78, 5) is 24.0. The van der Waals surface area contributed by atoms with E-state index in [4.69, 9.17) is 0 Å². The number of hydrogen-bond acceptors (Lipinski definition) is 2. The van der Waals surface area contributed by atoms with Gasteiger partial charge in [0.05, 0.1) is 0 Å². The summed E-state index contributed by atoms with van der Waals surface area (Å²) >= 11 is 0. The number of carbonyl (C=O) groups is 2. The van der Waals surface area contributed by atoms with E-state index in [0.29, 0.717) is 0 Å². The van der Waals surface area contributed by atoms with E-state index >= 15 is 0 Å². The van der Waals surface area contributed by atoms with Crippen LogP contribution >= 0.6 is 0 Å². The number of hydrogen-bond donors (Lipinski definition) is 0. The zero-order chi connectivity index (χ0) is 20.7. The molecule has 150 valence electrons. The molecule has 2 aliphatic carbocycles. The van der Waals surface area contributed by atoms with Crippen LogP contribution in [-0.4, -0.2) is 22.8 Å². The van der Waals surface area contributed by atoms with Crippen LogP contribution in [0.2, 0.25) is 0 Å². The van der Waals surface area contributed by atoms with Crippen molar-refractivity contribution in [2.24, 2.45) is 0 Å². The molecule has 1 fully saturated rings. The second kappa shape index (κ2) is 7.56. The van der Waals surface area contributed by atoms with Gasteiger partial charge in [0, 0.05) is 18.2 Å². The lowest BCUT2D eigenvalue weighted by Crippen LogP contribution is -2.41. The molecule has 3 aliphatic rings. The SMILES string of the molecule is Cc1ccc2c3c(cccc13)-c1ccccc1-2.O=C1C=CC(=O)N1C1CCCCC1. The highest BCUT2D eigenvalue weighted by molar-refractivity contribution is 6.16. The minimum absolute atomic E-state index is 0.128. The first-order valence-corrected chi connectivity index (χ1v) is 10.8. The minimum Gasteiger partial charge on any atom is -0.272 e. The van der Waals surface area contributed by atoms with Crippen LogP contribution < -0.4 is 0 Å². The molecule has 0 N–H and O–H groups in total. The van der Waals surface area contributed by atoms with Crippen molar-refractivity contribution in [3.8, 4) is 22.3 Å². The standard InChI is InChI=1S/C17H12.C10H13NO2/c1-11-9-10-16-14-6-3-2-5-13(14)15-8-4-7-12(11)17(15)16;12-9-6-7-10(13)11(9)8-4-2-1-3-5-8/h2-10H,1H3;6-8H,1-5H2. The van der Waals surface area contributed by atoms with Gasteiger partial charge < -0.3 is 0 Å². The van der Waals surface area contributed by atoms with Gasteiger partial charge in [-0.25, -0.2) is 0 Å². The van der Waals surface area contributed by atoms with Crippen LogP contribution in [0.25, 0.3) is 33.0 Å². The van der Waals surface area contributed by atoms with Crippen LogP contribution in [0.3, 0.4) is 0 Å². The molecule has 3 heteroatoms. The number of fused-ring (bicyclic) bond motifs is 3. The highest BCUT2D eigenvalue weighted by Gasteiger charge is 2.31. The molecule has 0 radical (unpaired) electrons. The third-order valence-electron chi connectivity index (χ3n) is 6.55. The van der Waals surface area contributed by atoms with Gasteiger partial charge in [-0.2, -0.15) is 0 Å². The summed E-state index contributed by atoms with van der Waals surface area (Å²) in [5.41, 5.74) is 6.88. The van der Waals surface area contributed by atoms with Crippen molar-refractivity contribution in [1.29, 1.82) is 0 Å². The van der Waals surface area contributed by atoms with Crippen LogP contribution in [0.5, 0.6) is 0 Å². The Morgan fingerprint density at radius 2 is 1.30 bits per heavy atom. The Bertz CT molecular complexity index is 1140. The molecule has 30 heavy (non-hydrogen) atoms. The van der Waals surface area contributed by atoms with Crippen molar-refractivity contribution in [2.45, 2.75) is 45.1 Å². The molecule has 3 aromatic rings. The summed E-state index contributed by atoms with van der Waals surface area (Å²) in [5.74, 6) is -0.256. The highest BCUT2D eigenvalue weighted by Crippen LogP contribution is 2.47. The van der Waals surface area contributed by atoms with Crippen LogP contribution in [0, 0.1) is 6.92 Å². The topological polar surface area (TPSA) is 37.4 Å². The molecular weight excluding hydrogens is 370 g/mol. The van der Waals surface area contributed by atoms with Gasteiger partial charge in [-0.1, -0.05) is 73.9 Å². The van der Waals surface area contributed by atoms with Crippen LogP contribution in [0.1, 0.15) is 37.7 Å². The Hall–Kier alpha value is -3.20. The first-order valence-electron chi connectivity index (χ1n) is 10.8. The Morgan fingerprint density at radius 3 is 1.97 bits per heavy atom. The zero-order valence-corrected chi connectivity index (χ0v) is 17.2. The van der Waals surface area contributed by atoms with Gasteiger partial charge >= 0.3 is 0 Å². The fourth-order valence-corrected chi connectivity index (χ4v) is 5.07. The van der Waals surface area contributed by atoms with E-state index in [0.717, 1.165) is 25.7 Å². The molecule has 2 amide bonds. The predicted molar refractivity (Wildman–Crippen MR) is 121 cm³/mol. The summed E-state index contributed by atoms with van der Waals surface area (Å²) in [6, 6.07) is 20.0. The van der Waals surface area contributed by atoms with Gasteiger partial charge in [0.25, 0.3) is 11.8 Å². The lowest BCUT2D eigenvalue weighted by Gasteiger charge is -2.29. The maximum Gasteiger partial charge on any atom is 0.253 e. The molecule has 0 saturated heterocycles. The molecule has 1 saturated carbocycles. The average Bonchev–Trinajstić information content (AvgIpc) is 3.30. The van der Waals surface area contributed by atoms with Crippen molar-refractivity contribution in [3.05, 3.63) is 72.3 Å². The maximum atomic E-state index is 11.3. The van der Waals surface area contributed by atoms with E-state index < -0.39 is 0 Å². The number of rotatable bonds is 1. The molecule has 0 bridgehead atoms.